The molecule has 1 aliphatic rings. The van der Waals surface area contributed by atoms with Gasteiger partial charge in [0, 0.05) is 12.1 Å². The molecule has 0 saturated carbocycles. The molecule has 1 aromatic heterocycles. The summed E-state index contributed by atoms with van der Waals surface area (Å²) in [5, 5.41) is 7.19. The van der Waals surface area contributed by atoms with Crippen molar-refractivity contribution < 1.29 is 4.42 Å². The molecule has 0 aromatic carbocycles. The summed E-state index contributed by atoms with van der Waals surface area (Å²) in [6.45, 7) is 5.60. The minimum Gasteiger partial charge on any atom is -0.468 e. The Morgan fingerprint density at radius 1 is 1.47 bits per heavy atom. The van der Waals surface area contributed by atoms with Crippen LogP contribution in [0.25, 0.3) is 0 Å². The van der Waals surface area contributed by atoms with Gasteiger partial charge in [-0.15, -0.1) is 0 Å². The molecular weight excluding hydrogens is 212 g/mol. The van der Waals surface area contributed by atoms with E-state index in [-0.39, 0.29) is 0 Å². The smallest absolute Gasteiger partial charge is 0.120 e. The number of hydrogen-bond donors (Lipinski definition) is 2. The van der Waals surface area contributed by atoms with Gasteiger partial charge in [0.05, 0.1) is 12.3 Å². The highest BCUT2D eigenvalue weighted by molar-refractivity contribution is 5.03. The van der Waals surface area contributed by atoms with Crippen molar-refractivity contribution in [1.82, 2.24) is 10.6 Å². The van der Waals surface area contributed by atoms with Crippen molar-refractivity contribution in [2.24, 2.45) is 0 Å². The summed E-state index contributed by atoms with van der Waals surface area (Å²) < 4.78 is 5.41. The Bertz CT molecular complexity index is 304. The van der Waals surface area contributed by atoms with Crippen molar-refractivity contribution in [1.29, 1.82) is 0 Å². The third kappa shape index (κ3) is 3.86. The molecule has 0 spiro atoms. The van der Waals surface area contributed by atoms with Crippen LogP contribution in [-0.4, -0.2) is 18.6 Å². The standard InChI is InChI=1S/C14H24N2O/c1-11(10-13-6-3-4-8-15-13)16-12(2)14-7-5-9-17-14/h5,7,9,11-13,15-16H,3-4,6,8,10H2,1-2H3/t11?,12-,13?/m1/s1. The van der Waals surface area contributed by atoms with Gasteiger partial charge < -0.3 is 15.1 Å². The van der Waals surface area contributed by atoms with Gasteiger partial charge in [-0.2, -0.15) is 0 Å². The van der Waals surface area contributed by atoms with E-state index >= 15 is 0 Å². The van der Waals surface area contributed by atoms with Crippen LogP contribution in [0, 0.1) is 0 Å². The van der Waals surface area contributed by atoms with Gasteiger partial charge in [-0.3, -0.25) is 0 Å². The number of rotatable bonds is 5. The lowest BCUT2D eigenvalue weighted by Gasteiger charge is -2.27. The van der Waals surface area contributed by atoms with Gasteiger partial charge >= 0.3 is 0 Å². The first kappa shape index (κ1) is 12.7. The summed E-state index contributed by atoms with van der Waals surface area (Å²) in [4.78, 5) is 0. The SMILES string of the molecule is CC(CC1CCCCN1)N[C@H](C)c1ccco1. The maximum absolute atomic E-state index is 5.41. The second-order valence-corrected chi connectivity index (χ2v) is 5.19. The number of furan rings is 1. The molecule has 1 saturated heterocycles. The highest BCUT2D eigenvalue weighted by Crippen LogP contribution is 2.16. The summed E-state index contributed by atoms with van der Waals surface area (Å²) in [5.41, 5.74) is 0. The van der Waals surface area contributed by atoms with Crippen LogP contribution in [0.3, 0.4) is 0 Å². The molecular formula is C14H24N2O. The largest absolute Gasteiger partial charge is 0.468 e. The molecule has 3 nitrogen and oxygen atoms in total. The predicted octanol–water partition coefficient (Wildman–Crippen LogP) is 2.85. The van der Waals surface area contributed by atoms with Crippen molar-refractivity contribution in [3.63, 3.8) is 0 Å². The molecule has 2 heterocycles. The third-order valence-electron chi connectivity index (χ3n) is 3.55. The van der Waals surface area contributed by atoms with Crippen molar-refractivity contribution in [2.75, 3.05) is 6.54 Å². The zero-order chi connectivity index (χ0) is 12.1. The van der Waals surface area contributed by atoms with E-state index in [1.807, 2.05) is 12.1 Å². The molecule has 2 N–H and O–H groups in total. The van der Waals surface area contributed by atoms with Crippen molar-refractivity contribution >= 4 is 0 Å². The van der Waals surface area contributed by atoms with Gasteiger partial charge in [0.15, 0.2) is 0 Å². The molecule has 0 bridgehead atoms. The van der Waals surface area contributed by atoms with Crippen molar-refractivity contribution in [2.45, 2.75) is 57.7 Å². The Labute approximate surface area is 104 Å². The zero-order valence-corrected chi connectivity index (χ0v) is 10.9. The summed E-state index contributed by atoms with van der Waals surface area (Å²) in [7, 11) is 0. The average molecular weight is 236 g/mol. The van der Waals surface area contributed by atoms with Gasteiger partial charge in [0.25, 0.3) is 0 Å². The highest BCUT2D eigenvalue weighted by atomic mass is 16.3. The van der Waals surface area contributed by atoms with E-state index < -0.39 is 0 Å². The topological polar surface area (TPSA) is 37.2 Å². The first-order chi connectivity index (χ1) is 8.25. The number of hydrogen-bond acceptors (Lipinski definition) is 3. The van der Waals surface area contributed by atoms with E-state index in [9.17, 15) is 0 Å². The minimum absolute atomic E-state index is 0.295. The van der Waals surface area contributed by atoms with E-state index in [4.69, 9.17) is 4.42 Å². The number of piperidine rings is 1. The lowest BCUT2D eigenvalue weighted by Crippen LogP contribution is -2.40. The zero-order valence-electron chi connectivity index (χ0n) is 10.9. The quantitative estimate of drug-likeness (QED) is 0.825. The van der Waals surface area contributed by atoms with Crippen molar-refractivity contribution in [3.8, 4) is 0 Å². The van der Waals surface area contributed by atoms with Gasteiger partial charge in [-0.05, 0) is 51.8 Å². The van der Waals surface area contributed by atoms with Crippen LogP contribution in [-0.2, 0) is 0 Å². The molecule has 3 heteroatoms. The molecule has 2 unspecified atom stereocenters. The first-order valence-corrected chi connectivity index (χ1v) is 6.78. The minimum atomic E-state index is 0.295. The Balaban J connectivity index is 1.74. The maximum Gasteiger partial charge on any atom is 0.120 e. The average Bonchev–Trinajstić information content (AvgIpc) is 2.83. The van der Waals surface area contributed by atoms with Gasteiger partial charge in [-0.1, -0.05) is 6.42 Å². The molecule has 0 radical (unpaired) electrons. The third-order valence-corrected chi connectivity index (χ3v) is 3.55. The fourth-order valence-corrected chi connectivity index (χ4v) is 2.67. The van der Waals surface area contributed by atoms with Crippen LogP contribution in [0.15, 0.2) is 22.8 Å². The summed E-state index contributed by atoms with van der Waals surface area (Å²) in [5.74, 6) is 1.02. The van der Waals surface area contributed by atoms with Gasteiger partial charge in [0.1, 0.15) is 5.76 Å². The molecule has 1 fully saturated rings. The lowest BCUT2D eigenvalue weighted by molar-refractivity contribution is 0.322. The highest BCUT2D eigenvalue weighted by Gasteiger charge is 2.17. The molecule has 2 rings (SSSR count). The van der Waals surface area contributed by atoms with Gasteiger partial charge in [-0.25, -0.2) is 0 Å². The summed E-state index contributed by atoms with van der Waals surface area (Å²) >= 11 is 0. The van der Waals surface area contributed by atoms with E-state index in [2.05, 4.69) is 24.5 Å². The monoisotopic (exact) mass is 236 g/mol. The Kier molecular flexibility index (Phi) is 4.63. The summed E-state index contributed by atoms with van der Waals surface area (Å²) in [6, 6.07) is 5.48. The lowest BCUT2D eigenvalue weighted by atomic mass is 9.98. The second kappa shape index (κ2) is 6.22. The molecule has 3 atom stereocenters. The molecule has 0 amide bonds. The number of nitrogens with one attached hydrogen (secondary N) is 2. The Hall–Kier alpha value is -0.800. The van der Waals surface area contributed by atoms with Crippen LogP contribution >= 0.6 is 0 Å². The molecule has 96 valence electrons. The molecule has 17 heavy (non-hydrogen) atoms. The van der Waals surface area contributed by atoms with E-state index in [1.54, 1.807) is 6.26 Å². The van der Waals surface area contributed by atoms with E-state index in [1.165, 1.54) is 32.2 Å². The first-order valence-electron chi connectivity index (χ1n) is 6.78. The van der Waals surface area contributed by atoms with Gasteiger partial charge in [0.2, 0.25) is 0 Å². The summed E-state index contributed by atoms with van der Waals surface area (Å²) in [6.07, 6.45) is 6.96. The fourth-order valence-electron chi connectivity index (χ4n) is 2.67. The fraction of sp³-hybridized carbons (Fsp3) is 0.714. The Morgan fingerprint density at radius 2 is 2.35 bits per heavy atom. The van der Waals surface area contributed by atoms with E-state index in [0.29, 0.717) is 18.1 Å². The molecule has 1 aliphatic heterocycles. The van der Waals surface area contributed by atoms with E-state index in [0.717, 1.165) is 5.76 Å². The normalized spacial score (nSPS) is 24.5. The predicted molar refractivity (Wildman–Crippen MR) is 70.0 cm³/mol. The van der Waals surface area contributed by atoms with Crippen LogP contribution in [0.2, 0.25) is 0 Å². The van der Waals surface area contributed by atoms with Crippen LogP contribution in [0.4, 0.5) is 0 Å². The van der Waals surface area contributed by atoms with Crippen LogP contribution < -0.4 is 10.6 Å². The van der Waals surface area contributed by atoms with Crippen LogP contribution in [0.5, 0.6) is 0 Å². The molecule has 0 aliphatic carbocycles. The van der Waals surface area contributed by atoms with Crippen LogP contribution in [0.1, 0.15) is 51.3 Å². The Morgan fingerprint density at radius 3 is 3.00 bits per heavy atom. The maximum atomic E-state index is 5.41. The van der Waals surface area contributed by atoms with Crippen molar-refractivity contribution in [3.05, 3.63) is 24.2 Å². The molecule has 1 aromatic rings. The second-order valence-electron chi connectivity index (χ2n) is 5.19.